The van der Waals surface area contributed by atoms with E-state index in [0.717, 1.165) is 38.9 Å². The average Bonchev–Trinajstić information content (AvgIpc) is 3.50. The highest BCUT2D eigenvalue weighted by Crippen LogP contribution is 2.45. The van der Waals surface area contributed by atoms with Crippen LogP contribution in [0.3, 0.4) is 0 Å². The lowest BCUT2D eigenvalue weighted by Gasteiger charge is -2.37. The maximum absolute atomic E-state index is 13.6. The molecule has 0 spiro atoms. The first-order valence-electron chi connectivity index (χ1n) is 17.0. The van der Waals surface area contributed by atoms with E-state index < -0.39 is 23.5 Å². The number of benzene rings is 5. The molecule has 1 N–H and O–H groups in total. The molecule has 254 valence electrons. The Morgan fingerprint density at radius 2 is 1.08 bits per heavy atom. The summed E-state index contributed by atoms with van der Waals surface area (Å²) in [4.78, 5) is 38.0. The molecule has 0 bridgehead atoms. The van der Waals surface area contributed by atoms with Gasteiger partial charge in [0.15, 0.2) is 0 Å². The van der Waals surface area contributed by atoms with Crippen molar-refractivity contribution < 1.29 is 28.6 Å². The molecule has 0 aromatic heterocycles. The third kappa shape index (κ3) is 7.69. The largest absolute Gasteiger partial charge is 0.465 e. The van der Waals surface area contributed by atoms with Crippen molar-refractivity contribution in [1.82, 2.24) is 5.32 Å². The molecule has 7 nitrogen and oxygen atoms in total. The lowest BCUT2D eigenvalue weighted by molar-refractivity contribution is -0.152. The van der Waals surface area contributed by atoms with Crippen molar-refractivity contribution in [2.45, 2.75) is 30.8 Å². The van der Waals surface area contributed by atoms with Crippen molar-refractivity contribution in [3.8, 4) is 11.1 Å². The van der Waals surface area contributed by atoms with E-state index in [0.29, 0.717) is 0 Å². The highest BCUT2D eigenvalue weighted by atomic mass is 16.5. The Hall–Kier alpha value is -5.53. The molecule has 7 heteroatoms. The van der Waals surface area contributed by atoms with E-state index in [1.54, 1.807) is 0 Å². The predicted octanol–water partition coefficient (Wildman–Crippen LogP) is 7.43. The lowest BCUT2D eigenvalue weighted by atomic mass is 9.80. The van der Waals surface area contributed by atoms with Gasteiger partial charge >= 0.3 is 11.9 Å². The maximum Gasteiger partial charge on any atom is 0.306 e. The van der Waals surface area contributed by atoms with Gasteiger partial charge in [0, 0.05) is 25.3 Å². The molecular weight excluding hydrogens is 626 g/mol. The second kappa shape index (κ2) is 16.2. The van der Waals surface area contributed by atoms with Crippen LogP contribution in [0.4, 0.5) is 0 Å². The molecule has 0 saturated carbocycles. The number of esters is 2. The quantitative estimate of drug-likeness (QED) is 0.0923. The van der Waals surface area contributed by atoms with E-state index in [1.165, 1.54) is 7.05 Å². The topological polar surface area (TPSA) is 90.9 Å². The molecule has 0 radical (unpaired) electrons. The number of hydrogen-bond donors (Lipinski definition) is 1. The van der Waals surface area contributed by atoms with Gasteiger partial charge in [-0.05, 0) is 38.9 Å². The Labute approximate surface area is 293 Å². The van der Waals surface area contributed by atoms with Crippen molar-refractivity contribution in [2.24, 2.45) is 5.92 Å². The average molecular weight is 668 g/mol. The third-order valence-corrected chi connectivity index (χ3v) is 9.22. The smallest absolute Gasteiger partial charge is 0.306 e. The molecule has 50 heavy (non-hydrogen) atoms. The first kappa shape index (κ1) is 34.3. The van der Waals surface area contributed by atoms with Crippen LogP contribution in [0.15, 0.2) is 140 Å². The molecule has 1 amide bonds. The van der Waals surface area contributed by atoms with Gasteiger partial charge in [-0.1, -0.05) is 140 Å². The zero-order valence-corrected chi connectivity index (χ0v) is 28.1. The second-order valence-electron chi connectivity index (χ2n) is 12.4. The van der Waals surface area contributed by atoms with Crippen molar-refractivity contribution >= 4 is 17.8 Å². The summed E-state index contributed by atoms with van der Waals surface area (Å²) in [6.07, 6.45) is -0.0879. The van der Waals surface area contributed by atoms with Gasteiger partial charge < -0.3 is 19.5 Å². The molecule has 0 heterocycles. The van der Waals surface area contributed by atoms with Gasteiger partial charge in [-0.3, -0.25) is 14.4 Å². The highest BCUT2D eigenvalue weighted by molar-refractivity contribution is 5.81. The number of carbonyl (C=O) groups is 3. The van der Waals surface area contributed by atoms with E-state index in [1.807, 2.05) is 115 Å². The van der Waals surface area contributed by atoms with Crippen molar-refractivity contribution in [2.75, 3.05) is 26.9 Å². The van der Waals surface area contributed by atoms with Gasteiger partial charge in [-0.25, -0.2) is 0 Å². The summed E-state index contributed by atoms with van der Waals surface area (Å²) in [6, 6.07) is 46.3. The Balaban J connectivity index is 1.24. The minimum atomic E-state index is -1.02. The molecule has 5 aromatic rings. The fourth-order valence-corrected chi connectivity index (χ4v) is 6.71. The molecule has 0 saturated heterocycles. The van der Waals surface area contributed by atoms with E-state index in [2.05, 4.69) is 29.6 Å². The minimum absolute atomic E-state index is 0.0159. The normalized spacial score (nSPS) is 12.7. The fraction of sp³-hybridized carbons (Fsp3) is 0.233. The minimum Gasteiger partial charge on any atom is -0.465 e. The number of amides is 1. The molecular formula is C43H41NO6. The van der Waals surface area contributed by atoms with Crippen molar-refractivity contribution in [1.29, 1.82) is 0 Å². The van der Waals surface area contributed by atoms with Crippen LogP contribution in [0.25, 0.3) is 11.1 Å². The van der Waals surface area contributed by atoms with Crippen molar-refractivity contribution in [3.05, 3.63) is 167 Å². The fourth-order valence-electron chi connectivity index (χ4n) is 6.71. The summed E-state index contributed by atoms with van der Waals surface area (Å²) in [7, 11) is 1.52. The van der Waals surface area contributed by atoms with Crippen LogP contribution < -0.4 is 5.32 Å². The van der Waals surface area contributed by atoms with Crippen LogP contribution in [0.5, 0.6) is 0 Å². The Morgan fingerprint density at radius 1 is 0.600 bits per heavy atom. The Morgan fingerprint density at radius 3 is 1.58 bits per heavy atom. The van der Waals surface area contributed by atoms with Gasteiger partial charge in [0.25, 0.3) is 0 Å². The van der Waals surface area contributed by atoms with E-state index >= 15 is 0 Å². The molecule has 0 aliphatic heterocycles. The first-order chi connectivity index (χ1) is 24.5. The molecule has 5 aromatic carbocycles. The summed E-state index contributed by atoms with van der Waals surface area (Å²) in [5, 5.41) is 2.52. The van der Waals surface area contributed by atoms with Gasteiger partial charge in [0.05, 0.1) is 26.1 Å². The number of rotatable bonds is 15. The standard InChI is InChI=1S/C43H41NO6/c1-44-40(45)25-26-41(46)48-28-31(27-42(47)49-30-39-37-23-13-11-21-35(37)36-22-12-14-24-38(36)39)29-50-43(32-15-5-2-6-16-32,33-17-7-3-8-18-33)34-19-9-4-10-20-34/h2-24,31,39H,25-30H2,1H3,(H,44,45)/t31-/m1/s1. The maximum atomic E-state index is 13.6. The summed E-state index contributed by atoms with van der Waals surface area (Å²) in [5.74, 6) is -1.80. The SMILES string of the molecule is CNC(=O)CCC(=O)OC[C@H](COC(c1ccccc1)(c1ccccc1)c1ccccc1)CC(=O)OCC1c2ccccc2-c2ccccc21. The van der Waals surface area contributed by atoms with E-state index in [4.69, 9.17) is 14.2 Å². The van der Waals surface area contributed by atoms with Gasteiger partial charge in [-0.15, -0.1) is 0 Å². The first-order valence-corrected chi connectivity index (χ1v) is 17.0. The summed E-state index contributed by atoms with van der Waals surface area (Å²) in [5.41, 5.74) is 6.29. The number of fused-ring (bicyclic) bond motifs is 3. The zero-order chi connectivity index (χ0) is 34.8. The molecule has 1 aliphatic carbocycles. The predicted molar refractivity (Wildman–Crippen MR) is 192 cm³/mol. The van der Waals surface area contributed by atoms with Crippen LogP contribution in [-0.4, -0.2) is 44.7 Å². The zero-order valence-electron chi connectivity index (χ0n) is 28.1. The van der Waals surface area contributed by atoms with Crippen LogP contribution in [0.2, 0.25) is 0 Å². The van der Waals surface area contributed by atoms with Gasteiger partial charge in [-0.2, -0.15) is 0 Å². The molecule has 6 rings (SSSR count). The van der Waals surface area contributed by atoms with E-state index in [9.17, 15) is 14.4 Å². The summed E-state index contributed by atoms with van der Waals surface area (Å²) < 4.78 is 18.6. The van der Waals surface area contributed by atoms with E-state index in [-0.39, 0.29) is 50.9 Å². The molecule has 1 aliphatic rings. The monoisotopic (exact) mass is 667 g/mol. The van der Waals surface area contributed by atoms with Gasteiger partial charge in [0.2, 0.25) is 5.91 Å². The Kier molecular flexibility index (Phi) is 11.2. The third-order valence-electron chi connectivity index (χ3n) is 9.22. The Bertz CT molecular complexity index is 1750. The molecule has 0 unspecified atom stereocenters. The van der Waals surface area contributed by atoms with Crippen LogP contribution >= 0.6 is 0 Å². The summed E-state index contributed by atoms with van der Waals surface area (Å²) >= 11 is 0. The summed E-state index contributed by atoms with van der Waals surface area (Å²) in [6.45, 7) is 0.186. The van der Waals surface area contributed by atoms with Crippen LogP contribution in [0.1, 0.15) is 53.0 Å². The number of ether oxygens (including phenoxy) is 3. The van der Waals surface area contributed by atoms with Crippen molar-refractivity contribution in [3.63, 3.8) is 0 Å². The van der Waals surface area contributed by atoms with Crippen LogP contribution in [-0.2, 0) is 34.2 Å². The van der Waals surface area contributed by atoms with Crippen LogP contribution in [0, 0.1) is 5.92 Å². The number of nitrogens with one attached hydrogen (secondary N) is 1. The molecule has 1 atom stereocenters. The van der Waals surface area contributed by atoms with Gasteiger partial charge in [0.1, 0.15) is 12.2 Å². The second-order valence-corrected chi connectivity index (χ2v) is 12.4. The number of hydrogen-bond acceptors (Lipinski definition) is 6. The highest BCUT2D eigenvalue weighted by Gasteiger charge is 2.38. The molecule has 0 fully saturated rings. The number of carbonyl (C=O) groups excluding carboxylic acids is 3. The lowest BCUT2D eigenvalue weighted by Crippen LogP contribution is -2.36.